The number of nitrogens with zero attached hydrogens (tertiary/aromatic N) is 3. The molecule has 1 aromatic rings. The van der Waals surface area contributed by atoms with Gasteiger partial charge in [0.15, 0.2) is 0 Å². The highest BCUT2D eigenvalue weighted by Crippen LogP contribution is 2.07. The van der Waals surface area contributed by atoms with Gasteiger partial charge in [-0.05, 0) is 25.5 Å². The van der Waals surface area contributed by atoms with Gasteiger partial charge in [-0.3, -0.25) is 4.79 Å². The number of nitrogens with one attached hydrogen (secondary N) is 1. The van der Waals surface area contributed by atoms with Gasteiger partial charge in [-0.2, -0.15) is 0 Å². The van der Waals surface area contributed by atoms with Crippen LogP contribution < -0.4 is 5.32 Å². The van der Waals surface area contributed by atoms with Gasteiger partial charge in [0.2, 0.25) is 5.91 Å². The average molecular weight is 368 g/mol. The number of ether oxygens (including phenoxy) is 2. The Kier molecular flexibility index (Phi) is 10.4. The summed E-state index contributed by atoms with van der Waals surface area (Å²) in [5.74, 6) is -0.105. The van der Waals surface area contributed by atoms with Crippen molar-refractivity contribution in [2.24, 2.45) is 7.05 Å². The van der Waals surface area contributed by atoms with Crippen molar-refractivity contribution in [3.63, 3.8) is 0 Å². The second-order valence-electron chi connectivity index (χ2n) is 6.02. The maximum absolute atomic E-state index is 12.8. The quantitative estimate of drug-likeness (QED) is 0.560. The van der Waals surface area contributed by atoms with Gasteiger partial charge in [0.25, 0.3) is 0 Å². The van der Waals surface area contributed by atoms with Crippen LogP contribution in [-0.4, -0.2) is 79.9 Å². The van der Waals surface area contributed by atoms with Crippen LogP contribution in [0.5, 0.6) is 0 Å². The number of urea groups is 1. The fraction of sp³-hybridized carbons (Fsp3) is 0.667. The minimum absolute atomic E-state index is 0.0314. The maximum Gasteiger partial charge on any atom is 0.317 e. The van der Waals surface area contributed by atoms with Crippen LogP contribution in [0, 0.1) is 0 Å². The van der Waals surface area contributed by atoms with Gasteiger partial charge < -0.3 is 29.2 Å². The van der Waals surface area contributed by atoms with Crippen LogP contribution >= 0.6 is 0 Å². The van der Waals surface area contributed by atoms with Gasteiger partial charge in [0, 0.05) is 59.4 Å². The first kappa shape index (κ1) is 22.0. The molecule has 1 heterocycles. The molecule has 1 N–H and O–H groups in total. The number of methoxy groups -OCH3 is 2. The Morgan fingerprint density at radius 1 is 1.15 bits per heavy atom. The summed E-state index contributed by atoms with van der Waals surface area (Å²) in [6.07, 6.45) is 2.62. The van der Waals surface area contributed by atoms with Crippen LogP contribution in [0.4, 0.5) is 4.79 Å². The third-order valence-electron chi connectivity index (χ3n) is 4.04. The lowest BCUT2D eigenvalue weighted by molar-refractivity contribution is -0.133. The summed E-state index contributed by atoms with van der Waals surface area (Å²) in [7, 11) is 5.17. The maximum atomic E-state index is 12.8. The molecule has 3 amide bonds. The molecule has 1 aromatic heterocycles. The van der Waals surface area contributed by atoms with Crippen LogP contribution in [0.3, 0.4) is 0 Å². The van der Waals surface area contributed by atoms with E-state index in [0.29, 0.717) is 45.8 Å². The lowest BCUT2D eigenvalue weighted by Gasteiger charge is -2.28. The Bertz CT molecular complexity index is 547. The molecule has 0 fully saturated rings. The predicted octanol–water partition coefficient (Wildman–Crippen LogP) is 1.07. The Morgan fingerprint density at radius 2 is 1.88 bits per heavy atom. The molecule has 0 radical (unpaired) electrons. The SMILES string of the molecule is CCNC(=O)N(CCCOC)CC(=O)N(CCOC)Cc1cccn1C. The molecule has 0 aliphatic carbocycles. The van der Waals surface area contributed by atoms with Crippen LogP contribution in [0.25, 0.3) is 0 Å². The third kappa shape index (κ3) is 7.45. The monoisotopic (exact) mass is 368 g/mol. The summed E-state index contributed by atoms with van der Waals surface area (Å²) in [5.41, 5.74) is 1.03. The third-order valence-corrected chi connectivity index (χ3v) is 4.04. The second-order valence-corrected chi connectivity index (χ2v) is 6.02. The van der Waals surface area contributed by atoms with E-state index in [1.54, 1.807) is 19.1 Å². The number of carbonyl (C=O) groups is 2. The van der Waals surface area contributed by atoms with E-state index in [0.717, 1.165) is 5.69 Å². The van der Waals surface area contributed by atoms with Gasteiger partial charge in [0.1, 0.15) is 6.54 Å². The lowest BCUT2D eigenvalue weighted by Crippen LogP contribution is -2.47. The van der Waals surface area contributed by atoms with E-state index >= 15 is 0 Å². The molecule has 8 heteroatoms. The van der Waals surface area contributed by atoms with Crippen LogP contribution in [0.15, 0.2) is 18.3 Å². The van der Waals surface area contributed by atoms with Crippen molar-refractivity contribution in [1.29, 1.82) is 0 Å². The molecule has 0 saturated heterocycles. The van der Waals surface area contributed by atoms with Gasteiger partial charge in [-0.1, -0.05) is 0 Å². The first-order chi connectivity index (χ1) is 12.5. The van der Waals surface area contributed by atoms with Gasteiger partial charge in [-0.15, -0.1) is 0 Å². The molecule has 0 atom stereocenters. The molecular weight excluding hydrogens is 336 g/mol. The van der Waals surface area contributed by atoms with Crippen molar-refractivity contribution < 1.29 is 19.1 Å². The highest BCUT2D eigenvalue weighted by Gasteiger charge is 2.21. The number of aryl methyl sites for hydroxylation is 1. The topological polar surface area (TPSA) is 76.0 Å². The van der Waals surface area contributed by atoms with Crippen molar-refractivity contribution >= 4 is 11.9 Å². The number of rotatable bonds is 12. The van der Waals surface area contributed by atoms with E-state index in [-0.39, 0.29) is 18.5 Å². The molecule has 0 aromatic carbocycles. The zero-order valence-corrected chi connectivity index (χ0v) is 16.4. The molecule has 0 spiro atoms. The number of amides is 3. The van der Waals surface area contributed by atoms with Crippen molar-refractivity contribution in [3.8, 4) is 0 Å². The largest absolute Gasteiger partial charge is 0.385 e. The van der Waals surface area contributed by atoms with Crippen LogP contribution in [0.2, 0.25) is 0 Å². The highest BCUT2D eigenvalue weighted by atomic mass is 16.5. The van der Waals surface area contributed by atoms with Gasteiger partial charge in [0.05, 0.1) is 13.2 Å². The molecule has 8 nitrogen and oxygen atoms in total. The van der Waals surface area contributed by atoms with E-state index in [1.165, 1.54) is 4.90 Å². The molecule has 1 rings (SSSR count). The molecule has 0 saturated carbocycles. The average Bonchev–Trinajstić information content (AvgIpc) is 3.02. The van der Waals surface area contributed by atoms with E-state index in [9.17, 15) is 9.59 Å². The zero-order chi connectivity index (χ0) is 19.4. The van der Waals surface area contributed by atoms with E-state index in [1.807, 2.05) is 36.9 Å². The Hall–Kier alpha value is -2.06. The molecule has 0 aliphatic rings. The Morgan fingerprint density at radius 3 is 2.46 bits per heavy atom. The molecule has 26 heavy (non-hydrogen) atoms. The zero-order valence-electron chi connectivity index (χ0n) is 16.4. The minimum atomic E-state index is -0.234. The highest BCUT2D eigenvalue weighted by molar-refractivity contribution is 5.84. The second kappa shape index (κ2) is 12.3. The normalized spacial score (nSPS) is 10.6. The number of aromatic nitrogens is 1. The molecule has 0 unspecified atom stereocenters. The summed E-state index contributed by atoms with van der Waals surface area (Å²) in [6, 6.07) is 3.69. The van der Waals surface area contributed by atoms with Crippen molar-refractivity contribution in [2.75, 3.05) is 53.6 Å². The van der Waals surface area contributed by atoms with Crippen LogP contribution in [0.1, 0.15) is 19.0 Å². The summed E-state index contributed by atoms with van der Waals surface area (Å²) >= 11 is 0. The van der Waals surface area contributed by atoms with E-state index in [4.69, 9.17) is 9.47 Å². The summed E-state index contributed by atoms with van der Waals surface area (Å²) in [4.78, 5) is 28.4. The van der Waals surface area contributed by atoms with E-state index < -0.39 is 0 Å². The smallest absolute Gasteiger partial charge is 0.317 e. The molecule has 148 valence electrons. The summed E-state index contributed by atoms with van der Waals surface area (Å²) in [5, 5.41) is 2.76. The van der Waals surface area contributed by atoms with Gasteiger partial charge >= 0.3 is 6.03 Å². The summed E-state index contributed by atoms with van der Waals surface area (Å²) in [6.45, 7) is 4.81. The van der Waals surface area contributed by atoms with Crippen molar-refractivity contribution in [3.05, 3.63) is 24.0 Å². The fourth-order valence-electron chi connectivity index (χ4n) is 2.53. The van der Waals surface area contributed by atoms with Crippen molar-refractivity contribution in [1.82, 2.24) is 19.7 Å². The molecular formula is C18H32N4O4. The number of hydrogen-bond donors (Lipinski definition) is 1. The number of hydrogen-bond acceptors (Lipinski definition) is 4. The van der Waals surface area contributed by atoms with Crippen molar-refractivity contribution in [2.45, 2.75) is 19.9 Å². The Labute approximate surface area is 156 Å². The lowest BCUT2D eigenvalue weighted by atomic mass is 10.3. The predicted molar refractivity (Wildman–Crippen MR) is 99.8 cm³/mol. The standard InChI is InChI=1S/C18H32N4O4/c1-5-19-18(24)22(10-7-12-25-3)15-17(23)21(11-13-26-4)14-16-8-6-9-20(16)2/h6,8-9H,5,7,10-15H2,1-4H3,(H,19,24). The van der Waals surface area contributed by atoms with Crippen LogP contribution in [-0.2, 0) is 27.9 Å². The molecule has 0 bridgehead atoms. The van der Waals surface area contributed by atoms with E-state index in [2.05, 4.69) is 5.32 Å². The number of carbonyl (C=O) groups excluding carboxylic acids is 2. The fourth-order valence-corrected chi connectivity index (χ4v) is 2.53. The molecule has 0 aliphatic heterocycles. The summed E-state index contributed by atoms with van der Waals surface area (Å²) < 4.78 is 12.2. The first-order valence-electron chi connectivity index (χ1n) is 8.92. The minimum Gasteiger partial charge on any atom is -0.385 e. The van der Waals surface area contributed by atoms with Gasteiger partial charge in [-0.25, -0.2) is 4.79 Å². The Balaban J connectivity index is 2.77. The first-order valence-corrected chi connectivity index (χ1v) is 8.92.